The first-order valence-electron chi connectivity index (χ1n) is 3.81. The monoisotopic (exact) mass is 125 g/mol. The minimum absolute atomic E-state index is 1.24. The number of unbranched alkanes of at least 4 members (excludes halogenated alkanes) is 2. The number of allylic oxidation sites excluding steroid dienone is 2. The van der Waals surface area contributed by atoms with Crippen molar-refractivity contribution in [2.45, 2.75) is 46.5 Å². The van der Waals surface area contributed by atoms with Crippen LogP contribution in [0.25, 0.3) is 0 Å². The molecule has 0 rings (SSSR count). The number of hydrogen-bond donors (Lipinski definition) is 0. The molecule has 0 atom stereocenters. The number of rotatable bonds is 4. The molecule has 1 radical (unpaired) electrons. The molecule has 0 fully saturated rings. The van der Waals surface area contributed by atoms with Gasteiger partial charge in [0.15, 0.2) is 0 Å². The molecule has 0 unspecified atom stereocenters. The minimum atomic E-state index is 1.24. The Hall–Kier alpha value is -0.260. The summed E-state index contributed by atoms with van der Waals surface area (Å²) < 4.78 is 0. The predicted octanol–water partition coefficient (Wildman–Crippen LogP) is 3.34. The van der Waals surface area contributed by atoms with E-state index in [9.17, 15) is 0 Å². The fourth-order valence-corrected chi connectivity index (χ4v) is 0.765. The lowest BCUT2D eigenvalue weighted by Crippen LogP contribution is -1.77. The van der Waals surface area contributed by atoms with E-state index in [4.69, 9.17) is 0 Å². The quantitative estimate of drug-likeness (QED) is 0.505. The fraction of sp³-hybridized carbons (Fsp3) is 0.778. The molecule has 0 saturated heterocycles. The molecule has 0 nitrogen and oxygen atoms in total. The Balaban J connectivity index is 3.07. The Morgan fingerprint density at radius 3 is 2.44 bits per heavy atom. The Bertz CT molecular complexity index is 80.0. The van der Waals surface area contributed by atoms with Gasteiger partial charge in [-0.15, -0.1) is 0 Å². The van der Waals surface area contributed by atoms with E-state index in [2.05, 4.69) is 19.9 Å². The van der Waals surface area contributed by atoms with Gasteiger partial charge in [0, 0.05) is 0 Å². The first-order valence-corrected chi connectivity index (χ1v) is 3.81. The highest BCUT2D eigenvalue weighted by Crippen LogP contribution is 2.06. The summed E-state index contributed by atoms with van der Waals surface area (Å²) in [5, 5.41) is 0. The largest absolute Gasteiger partial charge is 0.0701 e. The molecule has 0 N–H and O–H groups in total. The SMILES string of the molecule is C/[C]=C(/C)CCCCC. The summed E-state index contributed by atoms with van der Waals surface area (Å²) >= 11 is 0. The molecule has 0 aliphatic carbocycles. The second-order valence-corrected chi connectivity index (χ2v) is 2.49. The van der Waals surface area contributed by atoms with E-state index in [1.165, 1.54) is 31.3 Å². The van der Waals surface area contributed by atoms with Crippen LogP contribution in [0.15, 0.2) is 5.57 Å². The molecule has 0 bridgehead atoms. The Morgan fingerprint density at radius 1 is 1.33 bits per heavy atom. The summed E-state index contributed by atoms with van der Waals surface area (Å²) in [6, 6.07) is 0. The second kappa shape index (κ2) is 5.87. The molecule has 0 aromatic rings. The molecule has 0 aromatic heterocycles. The summed E-state index contributed by atoms with van der Waals surface area (Å²) in [5.74, 6) is 0. The molecular formula is C9H17. The lowest BCUT2D eigenvalue weighted by atomic mass is 10.1. The van der Waals surface area contributed by atoms with Crippen LogP contribution >= 0.6 is 0 Å². The third-order valence-corrected chi connectivity index (χ3v) is 1.58. The van der Waals surface area contributed by atoms with Gasteiger partial charge in [-0.25, -0.2) is 0 Å². The topological polar surface area (TPSA) is 0 Å². The van der Waals surface area contributed by atoms with Gasteiger partial charge in [0.25, 0.3) is 0 Å². The van der Waals surface area contributed by atoms with Crippen LogP contribution in [0.4, 0.5) is 0 Å². The maximum Gasteiger partial charge on any atom is -0.0317 e. The summed E-state index contributed by atoms with van der Waals surface area (Å²) in [6.07, 6.45) is 8.39. The average molecular weight is 125 g/mol. The molecule has 53 valence electrons. The molecule has 9 heavy (non-hydrogen) atoms. The van der Waals surface area contributed by atoms with E-state index in [1.807, 2.05) is 6.92 Å². The highest BCUT2D eigenvalue weighted by Gasteiger charge is 1.86. The smallest absolute Gasteiger partial charge is 0.0317 e. The van der Waals surface area contributed by atoms with E-state index in [0.29, 0.717) is 0 Å². The Kier molecular flexibility index (Phi) is 5.70. The molecule has 0 aliphatic heterocycles. The predicted molar refractivity (Wildman–Crippen MR) is 42.2 cm³/mol. The van der Waals surface area contributed by atoms with Gasteiger partial charge in [0.1, 0.15) is 0 Å². The van der Waals surface area contributed by atoms with Gasteiger partial charge < -0.3 is 0 Å². The van der Waals surface area contributed by atoms with Crippen molar-refractivity contribution in [3.63, 3.8) is 0 Å². The summed E-state index contributed by atoms with van der Waals surface area (Å²) in [6.45, 7) is 6.37. The van der Waals surface area contributed by atoms with Crippen molar-refractivity contribution in [2.24, 2.45) is 0 Å². The standard InChI is InChI=1S/C9H17/c1-4-6-7-8-9(3)5-2/h4,6-8H2,1-3H3. The first-order chi connectivity index (χ1) is 4.31. The van der Waals surface area contributed by atoms with Crippen LogP contribution in [0.1, 0.15) is 46.5 Å². The van der Waals surface area contributed by atoms with E-state index >= 15 is 0 Å². The lowest BCUT2D eigenvalue weighted by molar-refractivity contribution is 0.711. The highest BCUT2D eigenvalue weighted by atomic mass is 13.9. The summed E-state index contributed by atoms with van der Waals surface area (Å²) in [4.78, 5) is 0. The minimum Gasteiger partial charge on any atom is -0.0701 e. The molecule has 0 amide bonds. The molecule has 0 aliphatic rings. The van der Waals surface area contributed by atoms with Crippen LogP contribution in [0.3, 0.4) is 0 Å². The van der Waals surface area contributed by atoms with E-state index in [1.54, 1.807) is 0 Å². The van der Waals surface area contributed by atoms with Crippen LogP contribution in [-0.4, -0.2) is 0 Å². The van der Waals surface area contributed by atoms with Gasteiger partial charge in [0.2, 0.25) is 0 Å². The zero-order valence-electron chi connectivity index (χ0n) is 6.83. The van der Waals surface area contributed by atoms with Crippen molar-refractivity contribution in [1.82, 2.24) is 0 Å². The van der Waals surface area contributed by atoms with E-state index < -0.39 is 0 Å². The Morgan fingerprint density at radius 2 is 2.00 bits per heavy atom. The van der Waals surface area contributed by atoms with E-state index in [0.717, 1.165) is 0 Å². The van der Waals surface area contributed by atoms with Gasteiger partial charge in [-0.05, 0) is 32.8 Å². The molecule has 0 spiro atoms. The second-order valence-electron chi connectivity index (χ2n) is 2.49. The zero-order chi connectivity index (χ0) is 7.11. The third kappa shape index (κ3) is 5.61. The summed E-state index contributed by atoms with van der Waals surface area (Å²) in [5.41, 5.74) is 1.41. The van der Waals surface area contributed by atoms with E-state index in [-0.39, 0.29) is 0 Å². The highest BCUT2D eigenvalue weighted by molar-refractivity contribution is 4.89. The first kappa shape index (κ1) is 8.74. The summed E-state index contributed by atoms with van der Waals surface area (Å²) in [7, 11) is 0. The Labute approximate surface area is 59.0 Å². The van der Waals surface area contributed by atoms with Crippen molar-refractivity contribution in [3.05, 3.63) is 11.6 Å². The third-order valence-electron chi connectivity index (χ3n) is 1.58. The molecule has 0 aromatic carbocycles. The average Bonchev–Trinajstić information content (AvgIpc) is 1.89. The van der Waals surface area contributed by atoms with Gasteiger partial charge in [-0.2, -0.15) is 0 Å². The van der Waals surface area contributed by atoms with Crippen LogP contribution in [0, 0.1) is 6.08 Å². The zero-order valence-corrected chi connectivity index (χ0v) is 6.83. The van der Waals surface area contributed by atoms with Gasteiger partial charge in [0.05, 0.1) is 0 Å². The molecular weight excluding hydrogens is 108 g/mol. The van der Waals surface area contributed by atoms with Crippen molar-refractivity contribution >= 4 is 0 Å². The molecule has 0 saturated carbocycles. The van der Waals surface area contributed by atoms with Crippen LogP contribution in [0.2, 0.25) is 0 Å². The van der Waals surface area contributed by atoms with Crippen molar-refractivity contribution < 1.29 is 0 Å². The van der Waals surface area contributed by atoms with Gasteiger partial charge >= 0.3 is 0 Å². The number of hydrogen-bond acceptors (Lipinski definition) is 0. The molecule has 0 heterocycles. The normalized spacial score (nSPS) is 12.1. The molecule has 0 heteroatoms. The van der Waals surface area contributed by atoms with Crippen molar-refractivity contribution in [2.75, 3.05) is 0 Å². The van der Waals surface area contributed by atoms with Crippen molar-refractivity contribution in [3.8, 4) is 0 Å². The van der Waals surface area contributed by atoms with Gasteiger partial charge in [-0.3, -0.25) is 0 Å². The van der Waals surface area contributed by atoms with Crippen molar-refractivity contribution in [1.29, 1.82) is 0 Å². The van der Waals surface area contributed by atoms with Crippen LogP contribution in [0.5, 0.6) is 0 Å². The maximum atomic E-state index is 3.14. The van der Waals surface area contributed by atoms with Gasteiger partial charge in [-0.1, -0.05) is 25.3 Å². The van der Waals surface area contributed by atoms with Crippen LogP contribution < -0.4 is 0 Å². The lowest BCUT2D eigenvalue weighted by Gasteiger charge is -1.96. The fourth-order valence-electron chi connectivity index (χ4n) is 0.765. The van der Waals surface area contributed by atoms with Crippen LogP contribution in [-0.2, 0) is 0 Å². The maximum absolute atomic E-state index is 3.14.